The van der Waals surface area contributed by atoms with Gasteiger partial charge in [0, 0.05) is 27.2 Å². The molecule has 0 aliphatic heterocycles. The number of aromatic nitrogens is 2. The number of carbonyl (C=O) groups is 1. The molecule has 4 nitrogen and oxygen atoms in total. The van der Waals surface area contributed by atoms with E-state index in [9.17, 15) is 4.79 Å². The van der Waals surface area contributed by atoms with Gasteiger partial charge in [0.1, 0.15) is 5.82 Å². The normalized spacial score (nSPS) is 13.6. The second kappa shape index (κ2) is 8.25. The van der Waals surface area contributed by atoms with Crippen LogP contribution in [0.3, 0.4) is 0 Å². The second-order valence-electron chi connectivity index (χ2n) is 7.20. The van der Waals surface area contributed by atoms with Crippen molar-refractivity contribution in [3.63, 3.8) is 0 Å². The maximum absolute atomic E-state index is 13.1. The first-order valence-electron chi connectivity index (χ1n) is 9.35. The van der Waals surface area contributed by atoms with E-state index in [1.807, 2.05) is 42.5 Å². The Morgan fingerprint density at radius 1 is 1.32 bits per heavy atom. The Labute approximate surface area is 183 Å². The maximum Gasteiger partial charge on any atom is 0.254 e. The van der Waals surface area contributed by atoms with Crippen molar-refractivity contribution in [2.24, 2.45) is 5.92 Å². The van der Waals surface area contributed by atoms with Crippen LogP contribution in [0.1, 0.15) is 29.0 Å². The van der Waals surface area contributed by atoms with Gasteiger partial charge < -0.3 is 9.47 Å². The van der Waals surface area contributed by atoms with E-state index in [4.69, 9.17) is 16.6 Å². The van der Waals surface area contributed by atoms with Crippen LogP contribution in [0, 0.1) is 9.49 Å². The topological polar surface area (TPSA) is 38.1 Å². The molecule has 144 valence electrons. The van der Waals surface area contributed by atoms with Gasteiger partial charge >= 0.3 is 0 Å². The number of benzene rings is 2. The quantitative estimate of drug-likeness (QED) is 0.313. The van der Waals surface area contributed by atoms with Gasteiger partial charge in [0.2, 0.25) is 0 Å². The highest BCUT2D eigenvalue weighted by molar-refractivity contribution is 14.1. The van der Waals surface area contributed by atoms with Crippen LogP contribution in [0.25, 0.3) is 11.0 Å². The summed E-state index contributed by atoms with van der Waals surface area (Å²) >= 11 is 8.46. The van der Waals surface area contributed by atoms with Crippen molar-refractivity contribution in [2.75, 3.05) is 6.54 Å². The van der Waals surface area contributed by atoms with Crippen LogP contribution in [0.5, 0.6) is 0 Å². The van der Waals surface area contributed by atoms with E-state index < -0.39 is 0 Å². The minimum atomic E-state index is -0.0125. The van der Waals surface area contributed by atoms with Gasteiger partial charge in [-0.3, -0.25) is 4.79 Å². The molecule has 4 rings (SSSR count). The van der Waals surface area contributed by atoms with Crippen molar-refractivity contribution >= 4 is 51.1 Å². The van der Waals surface area contributed by atoms with E-state index in [0.717, 1.165) is 27.0 Å². The third kappa shape index (κ3) is 4.25. The zero-order valence-electron chi connectivity index (χ0n) is 15.4. The van der Waals surface area contributed by atoms with Gasteiger partial charge in [-0.1, -0.05) is 23.7 Å². The highest BCUT2D eigenvalue weighted by atomic mass is 127. The fourth-order valence-electron chi connectivity index (χ4n) is 3.38. The van der Waals surface area contributed by atoms with Crippen molar-refractivity contribution in [2.45, 2.75) is 25.9 Å². The van der Waals surface area contributed by atoms with E-state index in [-0.39, 0.29) is 5.91 Å². The molecular weight excluding hydrogens is 485 g/mol. The molecule has 1 aliphatic carbocycles. The summed E-state index contributed by atoms with van der Waals surface area (Å²) in [4.78, 5) is 19.7. The average molecular weight is 506 g/mol. The molecule has 0 bridgehead atoms. The zero-order chi connectivity index (χ0) is 19.7. The van der Waals surface area contributed by atoms with E-state index in [2.05, 4.69) is 33.7 Å². The van der Waals surface area contributed by atoms with E-state index in [1.54, 1.807) is 11.0 Å². The SMILES string of the molecule is C=CCN(Cc1nc2ccc(Cl)cc2n1CC1CC1)C(=O)c1cccc(I)c1. The standard InChI is InChI=1S/C22H21ClIN3O/c1-2-10-26(22(28)16-4-3-5-18(24)11-16)14-21-25-19-9-8-17(23)12-20(19)27(21)13-15-6-7-15/h2-5,8-9,11-12,15H,1,6-7,10,13-14H2. The lowest BCUT2D eigenvalue weighted by molar-refractivity contribution is 0.0757. The number of rotatable bonds is 7. The smallest absolute Gasteiger partial charge is 0.254 e. The van der Waals surface area contributed by atoms with Crippen LogP contribution >= 0.6 is 34.2 Å². The Morgan fingerprint density at radius 3 is 2.86 bits per heavy atom. The lowest BCUT2D eigenvalue weighted by Crippen LogP contribution is -2.32. The Morgan fingerprint density at radius 2 is 2.14 bits per heavy atom. The Bertz CT molecular complexity index is 1040. The van der Waals surface area contributed by atoms with Crippen molar-refractivity contribution in [3.05, 3.63) is 75.1 Å². The number of halogens is 2. The number of hydrogen-bond acceptors (Lipinski definition) is 2. The summed E-state index contributed by atoms with van der Waals surface area (Å²) in [6.45, 7) is 5.66. The lowest BCUT2D eigenvalue weighted by Gasteiger charge is -2.22. The van der Waals surface area contributed by atoms with Crippen molar-refractivity contribution < 1.29 is 4.79 Å². The first-order valence-corrected chi connectivity index (χ1v) is 10.8. The molecule has 0 atom stereocenters. The number of fused-ring (bicyclic) bond motifs is 1. The van der Waals surface area contributed by atoms with Gasteiger partial charge in [0.15, 0.2) is 0 Å². The van der Waals surface area contributed by atoms with Crippen LogP contribution in [0.4, 0.5) is 0 Å². The van der Waals surface area contributed by atoms with Gasteiger partial charge in [-0.2, -0.15) is 0 Å². The summed E-state index contributed by atoms with van der Waals surface area (Å²) in [7, 11) is 0. The van der Waals surface area contributed by atoms with Crippen LogP contribution in [-0.2, 0) is 13.1 Å². The minimum absolute atomic E-state index is 0.0125. The highest BCUT2D eigenvalue weighted by Gasteiger charge is 2.26. The summed E-state index contributed by atoms with van der Waals surface area (Å²) in [6.07, 6.45) is 4.26. The molecule has 0 unspecified atom stereocenters. The number of nitrogens with zero attached hydrogens (tertiary/aromatic N) is 3. The van der Waals surface area contributed by atoms with E-state index in [0.29, 0.717) is 29.6 Å². The van der Waals surface area contributed by atoms with Gasteiger partial charge in [-0.05, 0) is 77.7 Å². The highest BCUT2D eigenvalue weighted by Crippen LogP contribution is 2.33. The largest absolute Gasteiger partial charge is 0.327 e. The fourth-order valence-corrected chi connectivity index (χ4v) is 4.09. The van der Waals surface area contributed by atoms with Crippen LogP contribution < -0.4 is 0 Å². The average Bonchev–Trinajstić information content (AvgIpc) is 3.44. The van der Waals surface area contributed by atoms with E-state index in [1.165, 1.54) is 12.8 Å². The summed E-state index contributed by atoms with van der Waals surface area (Å²) in [5.74, 6) is 1.57. The maximum atomic E-state index is 13.1. The monoisotopic (exact) mass is 505 g/mol. The molecule has 0 N–H and O–H groups in total. The summed E-state index contributed by atoms with van der Waals surface area (Å²) in [6, 6.07) is 13.4. The molecule has 0 spiro atoms. The summed E-state index contributed by atoms with van der Waals surface area (Å²) in [5.41, 5.74) is 2.64. The third-order valence-corrected chi connectivity index (χ3v) is 5.87. The van der Waals surface area contributed by atoms with Crippen LogP contribution in [-0.4, -0.2) is 26.9 Å². The third-order valence-electron chi connectivity index (χ3n) is 4.97. The molecule has 1 amide bonds. The number of amides is 1. The van der Waals surface area contributed by atoms with Crippen molar-refractivity contribution in [1.29, 1.82) is 0 Å². The van der Waals surface area contributed by atoms with Crippen LogP contribution in [0.15, 0.2) is 55.1 Å². The van der Waals surface area contributed by atoms with Crippen LogP contribution in [0.2, 0.25) is 5.02 Å². The molecule has 3 aromatic rings. The predicted octanol–water partition coefficient (Wildman–Crippen LogP) is 5.53. The minimum Gasteiger partial charge on any atom is -0.327 e. The van der Waals surface area contributed by atoms with Crippen molar-refractivity contribution in [3.8, 4) is 0 Å². The summed E-state index contributed by atoms with van der Waals surface area (Å²) in [5, 5.41) is 0.703. The molecule has 1 fully saturated rings. The molecule has 1 saturated carbocycles. The fraction of sp³-hybridized carbons (Fsp3) is 0.273. The Hall–Kier alpha value is -1.86. The number of imidazole rings is 1. The van der Waals surface area contributed by atoms with Crippen molar-refractivity contribution in [1.82, 2.24) is 14.5 Å². The molecular formula is C22H21ClIN3O. The molecule has 1 aliphatic rings. The second-order valence-corrected chi connectivity index (χ2v) is 8.88. The molecule has 0 saturated heterocycles. The predicted molar refractivity (Wildman–Crippen MR) is 122 cm³/mol. The van der Waals surface area contributed by atoms with Gasteiger partial charge in [0.25, 0.3) is 5.91 Å². The zero-order valence-corrected chi connectivity index (χ0v) is 18.4. The molecule has 6 heteroatoms. The van der Waals surface area contributed by atoms with E-state index >= 15 is 0 Å². The molecule has 0 radical (unpaired) electrons. The molecule has 1 aromatic heterocycles. The Balaban J connectivity index is 1.69. The first kappa shape index (κ1) is 19.5. The van der Waals surface area contributed by atoms with Gasteiger partial charge in [-0.25, -0.2) is 4.98 Å². The summed E-state index contributed by atoms with van der Waals surface area (Å²) < 4.78 is 3.27. The first-order chi connectivity index (χ1) is 13.5. The number of carbonyl (C=O) groups excluding carboxylic acids is 1. The lowest BCUT2D eigenvalue weighted by atomic mass is 10.2. The number of hydrogen-bond donors (Lipinski definition) is 0. The van der Waals surface area contributed by atoms with Gasteiger partial charge in [-0.15, -0.1) is 6.58 Å². The molecule has 2 aromatic carbocycles. The molecule has 28 heavy (non-hydrogen) atoms. The van der Waals surface area contributed by atoms with Gasteiger partial charge in [0.05, 0.1) is 17.6 Å². The molecule has 1 heterocycles. The Kier molecular flexibility index (Phi) is 5.73.